The summed E-state index contributed by atoms with van der Waals surface area (Å²) in [6.07, 6.45) is 0.401. The Labute approximate surface area is 145 Å². The van der Waals surface area contributed by atoms with Crippen molar-refractivity contribution in [2.75, 3.05) is 51.4 Å². The number of fused-ring (bicyclic) bond motifs is 1. The van der Waals surface area contributed by atoms with Crippen LogP contribution in [0.25, 0.3) is 0 Å². The van der Waals surface area contributed by atoms with Gasteiger partial charge in [0, 0.05) is 57.3 Å². The van der Waals surface area contributed by atoms with Crippen LogP contribution in [0.2, 0.25) is 0 Å². The maximum absolute atomic E-state index is 12.1. The summed E-state index contributed by atoms with van der Waals surface area (Å²) in [5.74, 6) is 0.426. The van der Waals surface area contributed by atoms with Crippen LogP contribution in [-0.4, -0.2) is 93.1 Å². The number of rotatable bonds is 6. The molecule has 7 nitrogen and oxygen atoms in total. The van der Waals surface area contributed by atoms with E-state index in [0.717, 1.165) is 19.6 Å². The van der Waals surface area contributed by atoms with E-state index in [0.29, 0.717) is 19.6 Å². The molecule has 2 fully saturated rings. The summed E-state index contributed by atoms with van der Waals surface area (Å²) in [6.45, 7) is 9.46. The van der Waals surface area contributed by atoms with Crippen molar-refractivity contribution in [3.05, 3.63) is 0 Å². The highest BCUT2D eigenvalue weighted by Gasteiger charge is 2.46. The standard InChI is InChI=1S/C16H31N3O4S/c1-16(2,3)17-15(20)5-6-18-7-8-19(9-10-23-4)14-12-24(21,22)11-13(14)18/h13-14H,5-12H2,1-4H3,(H,17,20)/t13-,14+/m1/s1. The number of ether oxygens (including phenoxy) is 1. The van der Waals surface area contributed by atoms with Gasteiger partial charge in [-0.05, 0) is 20.8 Å². The van der Waals surface area contributed by atoms with Gasteiger partial charge in [-0.25, -0.2) is 8.42 Å². The number of nitrogens with zero attached hydrogens (tertiary/aromatic N) is 2. The Morgan fingerprint density at radius 3 is 2.17 bits per heavy atom. The van der Waals surface area contributed by atoms with Gasteiger partial charge in [-0.3, -0.25) is 14.6 Å². The Hall–Kier alpha value is -0.700. The van der Waals surface area contributed by atoms with Gasteiger partial charge in [0.1, 0.15) is 0 Å². The molecule has 2 rings (SSSR count). The first-order chi connectivity index (χ1) is 11.1. The average molecular weight is 362 g/mol. The number of hydrogen-bond acceptors (Lipinski definition) is 6. The normalized spacial score (nSPS) is 27.8. The minimum Gasteiger partial charge on any atom is -0.383 e. The molecule has 0 aromatic rings. The number of amides is 1. The highest BCUT2D eigenvalue weighted by molar-refractivity contribution is 7.91. The molecule has 0 aromatic carbocycles. The van der Waals surface area contributed by atoms with E-state index in [-0.39, 0.29) is 35.0 Å². The van der Waals surface area contributed by atoms with E-state index >= 15 is 0 Å². The van der Waals surface area contributed by atoms with Gasteiger partial charge in [0.25, 0.3) is 0 Å². The van der Waals surface area contributed by atoms with E-state index in [1.807, 2.05) is 20.8 Å². The highest BCUT2D eigenvalue weighted by Crippen LogP contribution is 2.26. The molecule has 0 aliphatic carbocycles. The summed E-state index contributed by atoms with van der Waals surface area (Å²) >= 11 is 0. The van der Waals surface area contributed by atoms with Crippen molar-refractivity contribution in [1.82, 2.24) is 15.1 Å². The third-order valence-electron chi connectivity index (χ3n) is 4.63. The van der Waals surface area contributed by atoms with E-state index < -0.39 is 9.84 Å². The van der Waals surface area contributed by atoms with Crippen molar-refractivity contribution in [3.63, 3.8) is 0 Å². The molecule has 2 aliphatic heterocycles. The zero-order valence-corrected chi connectivity index (χ0v) is 16.1. The average Bonchev–Trinajstić information content (AvgIpc) is 2.76. The van der Waals surface area contributed by atoms with Gasteiger partial charge in [0.05, 0.1) is 18.1 Å². The summed E-state index contributed by atoms with van der Waals surface area (Å²) in [7, 11) is -1.35. The van der Waals surface area contributed by atoms with Crippen molar-refractivity contribution >= 4 is 15.7 Å². The molecule has 2 aliphatic rings. The summed E-state index contributed by atoms with van der Waals surface area (Å²) in [6, 6.07) is 0.00706. The molecule has 0 saturated carbocycles. The third-order valence-corrected chi connectivity index (χ3v) is 6.33. The van der Waals surface area contributed by atoms with Gasteiger partial charge >= 0.3 is 0 Å². The molecule has 1 amide bonds. The quantitative estimate of drug-likeness (QED) is 0.701. The molecule has 2 heterocycles. The summed E-state index contributed by atoms with van der Waals surface area (Å²) in [5.41, 5.74) is -0.241. The van der Waals surface area contributed by atoms with Gasteiger partial charge in [0.15, 0.2) is 9.84 Å². The number of carbonyl (C=O) groups is 1. The molecule has 2 saturated heterocycles. The maximum Gasteiger partial charge on any atom is 0.221 e. The second-order valence-electron chi connectivity index (χ2n) is 7.82. The smallest absolute Gasteiger partial charge is 0.221 e. The molecule has 8 heteroatoms. The fourth-order valence-electron chi connectivity index (χ4n) is 3.59. The van der Waals surface area contributed by atoms with Crippen LogP contribution in [0.15, 0.2) is 0 Å². The lowest BCUT2D eigenvalue weighted by Gasteiger charge is -2.43. The molecular formula is C16H31N3O4S. The largest absolute Gasteiger partial charge is 0.383 e. The van der Waals surface area contributed by atoms with Crippen LogP contribution in [0.1, 0.15) is 27.2 Å². The minimum atomic E-state index is -3.01. The molecule has 24 heavy (non-hydrogen) atoms. The van der Waals surface area contributed by atoms with Crippen LogP contribution in [0.3, 0.4) is 0 Å². The van der Waals surface area contributed by atoms with Gasteiger partial charge in [0.2, 0.25) is 5.91 Å². The number of sulfone groups is 1. The third kappa shape index (κ3) is 5.40. The number of hydrogen-bond donors (Lipinski definition) is 1. The van der Waals surface area contributed by atoms with Gasteiger partial charge in [-0.15, -0.1) is 0 Å². The summed E-state index contributed by atoms with van der Waals surface area (Å²) < 4.78 is 29.4. The molecular weight excluding hydrogens is 330 g/mol. The fourth-order valence-corrected chi connectivity index (χ4v) is 5.63. The van der Waals surface area contributed by atoms with E-state index in [9.17, 15) is 13.2 Å². The monoisotopic (exact) mass is 361 g/mol. The second kappa shape index (κ2) is 7.68. The lowest BCUT2D eigenvalue weighted by atomic mass is 10.0. The Balaban J connectivity index is 1.96. The Morgan fingerprint density at radius 1 is 1.12 bits per heavy atom. The predicted octanol–water partition coefficient (Wildman–Crippen LogP) is -0.279. The van der Waals surface area contributed by atoms with Crippen LogP contribution < -0.4 is 5.32 Å². The Kier molecular flexibility index (Phi) is 6.28. The lowest BCUT2D eigenvalue weighted by molar-refractivity contribution is -0.123. The van der Waals surface area contributed by atoms with Crippen LogP contribution in [0.5, 0.6) is 0 Å². The van der Waals surface area contributed by atoms with Crippen molar-refractivity contribution in [2.24, 2.45) is 0 Å². The van der Waals surface area contributed by atoms with Crippen molar-refractivity contribution in [2.45, 2.75) is 44.8 Å². The molecule has 0 unspecified atom stereocenters. The minimum absolute atomic E-state index is 0.0111. The van der Waals surface area contributed by atoms with Crippen molar-refractivity contribution in [1.29, 1.82) is 0 Å². The zero-order chi connectivity index (χ0) is 18.0. The van der Waals surface area contributed by atoms with Crippen LogP contribution in [0.4, 0.5) is 0 Å². The Morgan fingerprint density at radius 2 is 1.67 bits per heavy atom. The number of methoxy groups -OCH3 is 1. The van der Waals surface area contributed by atoms with E-state index in [1.165, 1.54) is 0 Å². The first kappa shape index (κ1) is 19.6. The van der Waals surface area contributed by atoms with Crippen molar-refractivity contribution < 1.29 is 17.9 Å². The highest BCUT2D eigenvalue weighted by atomic mass is 32.2. The predicted molar refractivity (Wildman–Crippen MR) is 93.8 cm³/mol. The number of nitrogens with one attached hydrogen (secondary N) is 1. The summed E-state index contributed by atoms with van der Waals surface area (Å²) in [4.78, 5) is 16.5. The van der Waals surface area contributed by atoms with Crippen LogP contribution in [0, 0.1) is 0 Å². The first-order valence-corrected chi connectivity index (χ1v) is 10.4. The van der Waals surface area contributed by atoms with E-state index in [2.05, 4.69) is 15.1 Å². The molecule has 0 spiro atoms. The second-order valence-corrected chi connectivity index (χ2v) is 9.98. The fraction of sp³-hybridized carbons (Fsp3) is 0.938. The van der Waals surface area contributed by atoms with E-state index in [1.54, 1.807) is 7.11 Å². The molecule has 0 radical (unpaired) electrons. The molecule has 140 valence electrons. The number of carbonyl (C=O) groups excluding carboxylic acids is 1. The SMILES string of the molecule is COCCN1CCN(CCC(=O)NC(C)(C)C)[C@@H]2CS(=O)(=O)C[C@@H]21. The zero-order valence-electron chi connectivity index (χ0n) is 15.2. The van der Waals surface area contributed by atoms with Gasteiger partial charge < -0.3 is 10.1 Å². The van der Waals surface area contributed by atoms with E-state index in [4.69, 9.17) is 4.74 Å². The first-order valence-electron chi connectivity index (χ1n) is 8.60. The van der Waals surface area contributed by atoms with Gasteiger partial charge in [-0.1, -0.05) is 0 Å². The maximum atomic E-state index is 12.1. The topological polar surface area (TPSA) is 79.0 Å². The van der Waals surface area contributed by atoms with Crippen molar-refractivity contribution in [3.8, 4) is 0 Å². The molecule has 1 N–H and O–H groups in total. The van der Waals surface area contributed by atoms with Gasteiger partial charge in [-0.2, -0.15) is 0 Å². The molecule has 0 bridgehead atoms. The Bertz CT molecular complexity index is 544. The van der Waals surface area contributed by atoms with Crippen LogP contribution in [-0.2, 0) is 19.4 Å². The summed E-state index contributed by atoms with van der Waals surface area (Å²) in [5, 5.41) is 2.96. The number of piperazine rings is 1. The lowest BCUT2D eigenvalue weighted by Crippen LogP contribution is -2.60. The molecule has 0 aromatic heterocycles. The van der Waals surface area contributed by atoms with Crippen LogP contribution >= 0.6 is 0 Å². The molecule has 2 atom stereocenters.